The number of carbonyl (C=O) groups excluding carboxylic acids is 4. The fraction of sp³-hybridized carbons (Fsp3) is 0.417. The van der Waals surface area contributed by atoms with E-state index in [0.29, 0.717) is 0 Å². The molecule has 4 amide bonds. The van der Waals surface area contributed by atoms with E-state index in [9.17, 15) is 19.2 Å². The minimum absolute atomic E-state index is 0.197. The van der Waals surface area contributed by atoms with Gasteiger partial charge >= 0.3 is 0 Å². The zero-order valence-electron chi connectivity index (χ0n) is 19.1. The van der Waals surface area contributed by atoms with Crippen molar-refractivity contribution < 1.29 is 19.2 Å². The van der Waals surface area contributed by atoms with Crippen molar-refractivity contribution in [3.8, 4) is 0 Å². The molecule has 4 N–H and O–H groups in total. The number of benzene rings is 1. The Morgan fingerprint density at radius 3 is 2.25 bits per heavy atom. The predicted octanol–water partition coefficient (Wildman–Crippen LogP) is 1.22. The molecule has 1 aliphatic heterocycles. The summed E-state index contributed by atoms with van der Waals surface area (Å²) in [6.07, 6.45) is 3.42. The van der Waals surface area contributed by atoms with Gasteiger partial charge in [-0.2, -0.15) is 0 Å². The zero-order valence-corrected chi connectivity index (χ0v) is 19.1. The van der Waals surface area contributed by atoms with Gasteiger partial charge in [-0.05, 0) is 39.7 Å². The van der Waals surface area contributed by atoms with E-state index in [1.165, 1.54) is 17.1 Å². The highest BCUT2D eigenvalue weighted by Gasteiger charge is 2.40. The van der Waals surface area contributed by atoms with Crippen molar-refractivity contribution in [2.75, 3.05) is 6.54 Å². The molecule has 1 aromatic carbocycles. The van der Waals surface area contributed by atoms with Gasteiger partial charge in [-0.15, -0.1) is 0 Å². The highest BCUT2D eigenvalue weighted by atomic mass is 16.2. The first kappa shape index (κ1) is 24.8. The lowest BCUT2D eigenvalue weighted by Crippen LogP contribution is -2.52. The zero-order chi connectivity index (χ0) is 23.8. The Hall–Kier alpha value is -3.42. The minimum atomic E-state index is -0.912. The number of nitrogens with one attached hydrogen (secondary N) is 2. The van der Waals surface area contributed by atoms with Crippen LogP contribution in [0.4, 0.5) is 0 Å². The molecule has 8 nitrogen and oxygen atoms in total. The van der Waals surface area contributed by atoms with Crippen molar-refractivity contribution in [1.29, 1.82) is 0 Å². The molecule has 2 rings (SSSR count). The van der Waals surface area contributed by atoms with Crippen LogP contribution in [0.3, 0.4) is 0 Å². The SMILES string of the molecule is CC(C)=CC(=O)NC1CC(C(=O)NC(Cc2ccccc2)C(N)=O)N(C(=O)C=C(C)C)C1. The maximum atomic E-state index is 13.1. The number of rotatable bonds is 8. The summed E-state index contributed by atoms with van der Waals surface area (Å²) in [6, 6.07) is 7.10. The van der Waals surface area contributed by atoms with E-state index >= 15 is 0 Å². The first-order chi connectivity index (χ1) is 15.1. The molecule has 0 saturated carbocycles. The van der Waals surface area contributed by atoms with Crippen molar-refractivity contribution in [3.63, 3.8) is 0 Å². The van der Waals surface area contributed by atoms with Gasteiger partial charge in [0.1, 0.15) is 12.1 Å². The van der Waals surface area contributed by atoms with Gasteiger partial charge < -0.3 is 21.3 Å². The van der Waals surface area contributed by atoms with Crippen molar-refractivity contribution in [1.82, 2.24) is 15.5 Å². The molecular formula is C24H32N4O4. The van der Waals surface area contributed by atoms with E-state index in [-0.39, 0.29) is 37.2 Å². The Bertz CT molecular complexity index is 915. The monoisotopic (exact) mass is 440 g/mol. The molecule has 3 unspecified atom stereocenters. The third-order valence-corrected chi connectivity index (χ3v) is 5.01. The van der Waals surface area contributed by atoms with Crippen LogP contribution in [-0.4, -0.2) is 53.2 Å². The average molecular weight is 441 g/mol. The van der Waals surface area contributed by atoms with Gasteiger partial charge in [-0.1, -0.05) is 41.5 Å². The Morgan fingerprint density at radius 2 is 1.69 bits per heavy atom. The summed E-state index contributed by atoms with van der Waals surface area (Å²) in [7, 11) is 0. The fourth-order valence-electron chi connectivity index (χ4n) is 3.61. The number of allylic oxidation sites excluding steroid dienone is 2. The molecule has 8 heteroatoms. The van der Waals surface area contributed by atoms with Crippen LogP contribution in [0, 0.1) is 0 Å². The summed E-state index contributed by atoms with van der Waals surface area (Å²) in [6.45, 7) is 7.40. The normalized spacial score (nSPS) is 18.3. The Kier molecular flexibility index (Phi) is 8.75. The van der Waals surface area contributed by atoms with E-state index < -0.39 is 23.9 Å². The maximum Gasteiger partial charge on any atom is 0.247 e. The highest BCUT2D eigenvalue weighted by Crippen LogP contribution is 2.20. The first-order valence-corrected chi connectivity index (χ1v) is 10.6. The highest BCUT2D eigenvalue weighted by molar-refractivity contribution is 5.96. The number of carbonyl (C=O) groups is 4. The van der Waals surface area contributed by atoms with Crippen LogP contribution in [0.25, 0.3) is 0 Å². The van der Waals surface area contributed by atoms with Crippen LogP contribution in [0.15, 0.2) is 53.6 Å². The molecule has 172 valence electrons. The second-order valence-electron chi connectivity index (χ2n) is 8.54. The van der Waals surface area contributed by atoms with E-state index in [0.717, 1.165) is 16.7 Å². The van der Waals surface area contributed by atoms with Crippen LogP contribution in [-0.2, 0) is 25.6 Å². The predicted molar refractivity (Wildman–Crippen MR) is 122 cm³/mol. The molecule has 32 heavy (non-hydrogen) atoms. The molecule has 0 bridgehead atoms. The maximum absolute atomic E-state index is 13.1. The lowest BCUT2D eigenvalue weighted by Gasteiger charge is -2.25. The van der Waals surface area contributed by atoms with Crippen molar-refractivity contribution >= 4 is 23.6 Å². The summed E-state index contributed by atoms with van der Waals surface area (Å²) >= 11 is 0. The summed E-state index contributed by atoms with van der Waals surface area (Å²) in [5.41, 5.74) is 8.02. The van der Waals surface area contributed by atoms with Gasteiger partial charge in [-0.25, -0.2) is 0 Å². The van der Waals surface area contributed by atoms with Crippen LogP contribution < -0.4 is 16.4 Å². The van der Waals surface area contributed by atoms with Gasteiger partial charge in [0.15, 0.2) is 0 Å². The summed E-state index contributed by atoms with van der Waals surface area (Å²) < 4.78 is 0. The standard InChI is InChI=1S/C24H32N4O4/c1-15(2)10-21(29)26-18-13-20(28(14-18)22(30)11-16(3)4)24(32)27-19(23(25)31)12-17-8-6-5-7-9-17/h5-11,18-20H,12-14H2,1-4H3,(H2,25,31)(H,26,29)(H,27,32). The van der Waals surface area contributed by atoms with Crippen molar-refractivity contribution in [2.45, 2.75) is 58.7 Å². The molecule has 1 heterocycles. The molecule has 1 saturated heterocycles. The number of nitrogens with two attached hydrogens (primary N) is 1. The largest absolute Gasteiger partial charge is 0.368 e. The van der Waals surface area contributed by atoms with E-state index in [1.807, 2.05) is 44.2 Å². The summed E-state index contributed by atoms with van der Waals surface area (Å²) in [5, 5.41) is 5.55. The van der Waals surface area contributed by atoms with Crippen LogP contribution in [0.2, 0.25) is 0 Å². The molecule has 1 fully saturated rings. The Labute approximate surface area is 188 Å². The van der Waals surface area contributed by atoms with E-state index in [1.54, 1.807) is 13.8 Å². The van der Waals surface area contributed by atoms with Crippen molar-refractivity contribution in [3.05, 3.63) is 59.2 Å². The second-order valence-corrected chi connectivity index (χ2v) is 8.54. The molecule has 3 atom stereocenters. The molecule has 1 aromatic rings. The van der Waals surface area contributed by atoms with Gasteiger partial charge in [0.2, 0.25) is 23.6 Å². The Morgan fingerprint density at radius 1 is 1.06 bits per heavy atom. The molecule has 0 aromatic heterocycles. The summed E-state index contributed by atoms with van der Waals surface area (Å²) in [5.74, 6) is -1.72. The van der Waals surface area contributed by atoms with Gasteiger partial charge in [0.05, 0.1) is 0 Å². The third-order valence-electron chi connectivity index (χ3n) is 5.01. The lowest BCUT2D eigenvalue weighted by atomic mass is 10.0. The van der Waals surface area contributed by atoms with Gasteiger partial charge in [-0.3, -0.25) is 19.2 Å². The van der Waals surface area contributed by atoms with E-state index in [4.69, 9.17) is 5.73 Å². The third kappa shape index (κ3) is 7.37. The second kappa shape index (κ2) is 11.3. The Balaban J connectivity index is 2.18. The summed E-state index contributed by atoms with van der Waals surface area (Å²) in [4.78, 5) is 51.4. The van der Waals surface area contributed by atoms with Gasteiger partial charge in [0.25, 0.3) is 0 Å². The average Bonchev–Trinajstić information content (AvgIpc) is 3.11. The molecule has 1 aliphatic rings. The van der Waals surface area contributed by atoms with Gasteiger partial charge in [0, 0.05) is 31.2 Å². The first-order valence-electron chi connectivity index (χ1n) is 10.6. The van der Waals surface area contributed by atoms with Crippen LogP contribution >= 0.6 is 0 Å². The number of hydrogen-bond donors (Lipinski definition) is 3. The molecule has 0 radical (unpaired) electrons. The molecule has 0 aliphatic carbocycles. The van der Waals surface area contributed by atoms with Crippen molar-refractivity contribution in [2.24, 2.45) is 5.73 Å². The number of amides is 4. The molecular weight excluding hydrogens is 408 g/mol. The smallest absolute Gasteiger partial charge is 0.247 e. The lowest BCUT2D eigenvalue weighted by molar-refractivity contribution is -0.136. The number of hydrogen-bond acceptors (Lipinski definition) is 4. The number of primary amides is 1. The van der Waals surface area contributed by atoms with Crippen LogP contribution in [0.5, 0.6) is 0 Å². The number of likely N-dealkylation sites (tertiary alicyclic amines) is 1. The minimum Gasteiger partial charge on any atom is -0.368 e. The quantitative estimate of drug-likeness (QED) is 0.526. The van der Waals surface area contributed by atoms with Crippen LogP contribution in [0.1, 0.15) is 39.7 Å². The van der Waals surface area contributed by atoms with E-state index in [2.05, 4.69) is 10.6 Å². The number of nitrogens with zero attached hydrogens (tertiary/aromatic N) is 1. The topological polar surface area (TPSA) is 122 Å². The molecule has 0 spiro atoms. The fourth-order valence-corrected chi connectivity index (χ4v) is 3.61.